The second-order valence-corrected chi connectivity index (χ2v) is 3.18. The fourth-order valence-corrected chi connectivity index (χ4v) is 1.58. The van der Waals surface area contributed by atoms with E-state index >= 15 is 0 Å². The molecule has 0 aromatic heterocycles. The predicted molar refractivity (Wildman–Crippen MR) is 37.0 cm³/mol. The summed E-state index contributed by atoms with van der Waals surface area (Å²) in [5.74, 6) is 0. The van der Waals surface area contributed by atoms with Gasteiger partial charge in [-0.15, -0.1) is 0 Å². The zero-order valence-electron chi connectivity index (χ0n) is 5.93. The Bertz CT molecular complexity index is 91.1. The molecule has 9 heavy (non-hydrogen) atoms. The molecule has 0 saturated heterocycles. The van der Waals surface area contributed by atoms with Gasteiger partial charge in [0, 0.05) is 12.6 Å². The molecule has 0 heterocycles. The molecule has 1 aliphatic rings. The molecule has 0 bridgehead atoms. The van der Waals surface area contributed by atoms with Crippen LogP contribution in [0.25, 0.3) is 0 Å². The van der Waals surface area contributed by atoms with Crippen molar-refractivity contribution in [2.24, 2.45) is 11.1 Å². The van der Waals surface area contributed by atoms with E-state index in [9.17, 15) is 0 Å². The third-order valence-electron chi connectivity index (χ3n) is 2.48. The van der Waals surface area contributed by atoms with Gasteiger partial charge in [-0.3, -0.25) is 0 Å². The number of aliphatic hydroxyl groups is 1. The van der Waals surface area contributed by atoms with E-state index in [1.54, 1.807) is 0 Å². The number of nitrogens with two attached hydrogens (primary N) is 1. The first-order valence-electron chi connectivity index (χ1n) is 3.59. The van der Waals surface area contributed by atoms with Gasteiger partial charge in [-0.1, -0.05) is 6.92 Å². The molecule has 3 N–H and O–H groups in total. The summed E-state index contributed by atoms with van der Waals surface area (Å²) in [5, 5.41) is 8.90. The van der Waals surface area contributed by atoms with Crippen LogP contribution in [0.4, 0.5) is 0 Å². The van der Waals surface area contributed by atoms with Crippen molar-refractivity contribution < 1.29 is 5.11 Å². The van der Waals surface area contributed by atoms with Crippen LogP contribution in [-0.4, -0.2) is 17.8 Å². The molecule has 0 spiro atoms. The predicted octanol–water partition coefficient (Wildman–Crippen LogP) is 0.496. The monoisotopic (exact) mass is 129 g/mol. The highest BCUT2D eigenvalue weighted by atomic mass is 16.3. The van der Waals surface area contributed by atoms with Gasteiger partial charge in [0.1, 0.15) is 0 Å². The Morgan fingerprint density at radius 3 is 2.33 bits per heavy atom. The van der Waals surface area contributed by atoms with Gasteiger partial charge in [0.15, 0.2) is 0 Å². The second-order valence-electron chi connectivity index (χ2n) is 3.18. The van der Waals surface area contributed by atoms with E-state index in [0.717, 1.165) is 19.3 Å². The SMILES string of the molecule is CC[C@]1(CO)C[C@@H](N)C1. The fourth-order valence-electron chi connectivity index (χ4n) is 1.58. The minimum Gasteiger partial charge on any atom is -0.396 e. The second kappa shape index (κ2) is 2.27. The summed E-state index contributed by atoms with van der Waals surface area (Å²) in [6.07, 6.45) is 3.09. The fraction of sp³-hybridized carbons (Fsp3) is 1.00. The van der Waals surface area contributed by atoms with Crippen LogP contribution in [0.15, 0.2) is 0 Å². The molecule has 0 aromatic rings. The standard InChI is InChI=1S/C7H15NO/c1-2-7(5-9)3-6(8)4-7/h6,9H,2-5,8H2,1H3/t6-,7+. The van der Waals surface area contributed by atoms with Crippen molar-refractivity contribution in [1.29, 1.82) is 0 Å². The molecule has 0 aliphatic heterocycles. The zero-order chi connectivity index (χ0) is 6.91. The minimum atomic E-state index is 0.208. The van der Waals surface area contributed by atoms with Crippen LogP contribution in [0.3, 0.4) is 0 Å². The molecule has 0 unspecified atom stereocenters. The van der Waals surface area contributed by atoms with Gasteiger partial charge in [-0.05, 0) is 24.7 Å². The summed E-state index contributed by atoms with van der Waals surface area (Å²) in [5.41, 5.74) is 5.80. The largest absolute Gasteiger partial charge is 0.396 e. The maximum atomic E-state index is 8.90. The summed E-state index contributed by atoms with van der Waals surface area (Å²) in [4.78, 5) is 0. The summed E-state index contributed by atoms with van der Waals surface area (Å²) in [6, 6.07) is 0.358. The Balaban J connectivity index is 2.36. The molecule has 0 radical (unpaired) electrons. The third-order valence-corrected chi connectivity index (χ3v) is 2.48. The Labute approximate surface area is 56.1 Å². The molecule has 2 heteroatoms. The van der Waals surface area contributed by atoms with Crippen molar-refractivity contribution in [2.75, 3.05) is 6.61 Å². The van der Waals surface area contributed by atoms with Crippen LogP contribution in [-0.2, 0) is 0 Å². The topological polar surface area (TPSA) is 46.2 Å². The van der Waals surface area contributed by atoms with Gasteiger partial charge in [0.2, 0.25) is 0 Å². The van der Waals surface area contributed by atoms with Gasteiger partial charge in [-0.2, -0.15) is 0 Å². The molecule has 1 aliphatic carbocycles. The average Bonchev–Trinajstić information content (AvgIpc) is 1.81. The molecular formula is C7H15NO. The van der Waals surface area contributed by atoms with Crippen molar-refractivity contribution >= 4 is 0 Å². The number of aliphatic hydroxyl groups excluding tert-OH is 1. The highest BCUT2D eigenvalue weighted by molar-refractivity contribution is 4.94. The first kappa shape index (κ1) is 7.03. The van der Waals surface area contributed by atoms with E-state index in [-0.39, 0.29) is 5.41 Å². The quantitative estimate of drug-likeness (QED) is 0.570. The van der Waals surface area contributed by atoms with Crippen LogP contribution in [0.1, 0.15) is 26.2 Å². The van der Waals surface area contributed by atoms with Gasteiger partial charge in [-0.25, -0.2) is 0 Å². The molecule has 1 fully saturated rings. The highest BCUT2D eigenvalue weighted by Gasteiger charge is 2.39. The summed E-state index contributed by atoms with van der Waals surface area (Å²) in [6.45, 7) is 2.43. The number of hydrogen-bond acceptors (Lipinski definition) is 2. The van der Waals surface area contributed by atoms with Crippen molar-refractivity contribution in [3.63, 3.8) is 0 Å². The molecule has 1 saturated carbocycles. The van der Waals surface area contributed by atoms with E-state index in [4.69, 9.17) is 10.8 Å². The minimum absolute atomic E-state index is 0.208. The van der Waals surface area contributed by atoms with Gasteiger partial charge < -0.3 is 10.8 Å². The van der Waals surface area contributed by atoms with E-state index in [2.05, 4.69) is 6.92 Å². The molecule has 1 rings (SSSR count). The van der Waals surface area contributed by atoms with Crippen LogP contribution in [0.2, 0.25) is 0 Å². The van der Waals surface area contributed by atoms with Crippen LogP contribution in [0.5, 0.6) is 0 Å². The maximum Gasteiger partial charge on any atom is 0.0488 e. The van der Waals surface area contributed by atoms with Gasteiger partial charge >= 0.3 is 0 Å². The lowest BCUT2D eigenvalue weighted by Crippen LogP contribution is -2.47. The first-order chi connectivity index (χ1) is 4.22. The molecule has 0 aromatic carbocycles. The lowest BCUT2D eigenvalue weighted by molar-refractivity contribution is 0.0242. The Morgan fingerprint density at radius 2 is 2.22 bits per heavy atom. The molecule has 54 valence electrons. The summed E-state index contributed by atoms with van der Waals surface area (Å²) in [7, 11) is 0. The summed E-state index contributed by atoms with van der Waals surface area (Å²) >= 11 is 0. The van der Waals surface area contributed by atoms with Crippen LogP contribution < -0.4 is 5.73 Å². The van der Waals surface area contributed by atoms with Crippen molar-refractivity contribution in [3.8, 4) is 0 Å². The Hall–Kier alpha value is -0.0800. The third kappa shape index (κ3) is 1.10. The van der Waals surface area contributed by atoms with Crippen LogP contribution >= 0.6 is 0 Å². The summed E-state index contributed by atoms with van der Waals surface area (Å²) < 4.78 is 0. The zero-order valence-corrected chi connectivity index (χ0v) is 5.93. The smallest absolute Gasteiger partial charge is 0.0488 e. The molecule has 0 atom stereocenters. The van der Waals surface area contributed by atoms with Gasteiger partial charge in [0.05, 0.1) is 0 Å². The lowest BCUT2D eigenvalue weighted by Gasteiger charge is -2.44. The van der Waals surface area contributed by atoms with Crippen molar-refractivity contribution in [2.45, 2.75) is 32.2 Å². The Morgan fingerprint density at radius 1 is 1.67 bits per heavy atom. The Kier molecular flexibility index (Phi) is 1.78. The number of rotatable bonds is 2. The van der Waals surface area contributed by atoms with E-state index in [1.165, 1.54) is 0 Å². The maximum absolute atomic E-state index is 8.90. The lowest BCUT2D eigenvalue weighted by atomic mass is 9.65. The molecule has 2 nitrogen and oxygen atoms in total. The van der Waals surface area contributed by atoms with E-state index in [1.807, 2.05) is 0 Å². The first-order valence-corrected chi connectivity index (χ1v) is 3.59. The average molecular weight is 129 g/mol. The normalized spacial score (nSPS) is 42.3. The number of hydrogen-bond donors (Lipinski definition) is 2. The molecular weight excluding hydrogens is 114 g/mol. The van der Waals surface area contributed by atoms with Crippen LogP contribution in [0, 0.1) is 5.41 Å². The van der Waals surface area contributed by atoms with E-state index in [0.29, 0.717) is 12.6 Å². The van der Waals surface area contributed by atoms with E-state index < -0.39 is 0 Å². The molecule has 0 amide bonds. The highest BCUT2D eigenvalue weighted by Crippen LogP contribution is 2.42. The van der Waals surface area contributed by atoms with Gasteiger partial charge in [0.25, 0.3) is 0 Å². The van der Waals surface area contributed by atoms with Crippen molar-refractivity contribution in [1.82, 2.24) is 0 Å². The van der Waals surface area contributed by atoms with Crippen molar-refractivity contribution in [3.05, 3.63) is 0 Å².